The summed E-state index contributed by atoms with van der Waals surface area (Å²) in [5, 5.41) is 0. The van der Waals surface area contributed by atoms with Crippen LogP contribution in [-0.4, -0.2) is 24.2 Å². The van der Waals surface area contributed by atoms with Gasteiger partial charge in [0.2, 0.25) is 5.88 Å². The van der Waals surface area contributed by atoms with Crippen molar-refractivity contribution in [1.82, 2.24) is 4.90 Å². The molecule has 0 N–H and O–H groups in total. The van der Waals surface area contributed by atoms with Gasteiger partial charge in [-0.05, 0) is 28.4 Å². The molecule has 0 aromatic heterocycles. The van der Waals surface area contributed by atoms with Crippen LogP contribution in [0.25, 0.3) is 0 Å². The van der Waals surface area contributed by atoms with E-state index in [4.69, 9.17) is 4.74 Å². The highest BCUT2D eigenvalue weighted by Gasteiger charge is 2.42. The van der Waals surface area contributed by atoms with Crippen molar-refractivity contribution in [2.45, 2.75) is 66.3 Å². The van der Waals surface area contributed by atoms with Crippen molar-refractivity contribution in [2.75, 3.05) is 18.2 Å². The molecule has 132 valence electrons. The number of hydrogen-bond donors (Lipinski definition) is 0. The summed E-state index contributed by atoms with van der Waals surface area (Å²) in [5.74, 6) is 2.04. The maximum Gasteiger partial charge on any atom is 0.208 e. The van der Waals surface area contributed by atoms with Crippen molar-refractivity contribution in [3.05, 3.63) is 41.4 Å². The Balaban J connectivity index is 1.99. The Labute approximate surface area is 147 Å². The lowest BCUT2D eigenvalue weighted by Gasteiger charge is -2.34. The predicted octanol–water partition coefficient (Wildman–Crippen LogP) is 5.26. The lowest BCUT2D eigenvalue weighted by Crippen LogP contribution is -2.42. The number of para-hydroxylation sites is 1. The van der Waals surface area contributed by atoms with Crippen molar-refractivity contribution < 1.29 is 4.74 Å². The van der Waals surface area contributed by atoms with Crippen molar-refractivity contribution in [1.29, 1.82) is 0 Å². The first-order valence-electron chi connectivity index (χ1n) is 9.21. The van der Waals surface area contributed by atoms with Gasteiger partial charge in [0.25, 0.3) is 0 Å². The first kappa shape index (κ1) is 17.2. The molecule has 0 unspecified atom stereocenters. The smallest absolute Gasteiger partial charge is 0.208 e. The average Bonchev–Trinajstić information content (AvgIpc) is 3.04. The molecule has 0 amide bonds. The summed E-state index contributed by atoms with van der Waals surface area (Å²) < 4.78 is 6.01. The van der Waals surface area contributed by atoms with Gasteiger partial charge in [0.15, 0.2) is 0 Å². The van der Waals surface area contributed by atoms with Gasteiger partial charge in [-0.2, -0.15) is 0 Å². The van der Waals surface area contributed by atoms with Crippen molar-refractivity contribution in [2.24, 2.45) is 5.41 Å². The van der Waals surface area contributed by atoms with Gasteiger partial charge in [-0.3, -0.25) is 0 Å². The van der Waals surface area contributed by atoms with Gasteiger partial charge in [-0.25, -0.2) is 0 Å². The van der Waals surface area contributed by atoms with Crippen LogP contribution in [0.2, 0.25) is 0 Å². The molecule has 3 rings (SSSR count). The zero-order chi connectivity index (χ0) is 17.6. The van der Waals surface area contributed by atoms with Crippen LogP contribution in [0.1, 0.15) is 71.4 Å². The average molecular weight is 329 g/mol. The van der Waals surface area contributed by atoms with Crippen LogP contribution in [0, 0.1) is 5.41 Å². The molecule has 1 aromatic rings. The van der Waals surface area contributed by atoms with Gasteiger partial charge in [-0.15, -0.1) is 0 Å². The molecule has 2 aliphatic rings. The van der Waals surface area contributed by atoms with E-state index in [2.05, 4.69) is 82.7 Å². The minimum atomic E-state index is 0.212. The predicted molar refractivity (Wildman–Crippen MR) is 101 cm³/mol. The minimum absolute atomic E-state index is 0.212. The van der Waals surface area contributed by atoms with Crippen molar-refractivity contribution in [3.8, 4) is 0 Å². The fraction of sp³-hybridized carbons (Fsp3) is 0.619. The summed E-state index contributed by atoms with van der Waals surface area (Å²) in [4.78, 5) is 4.83. The van der Waals surface area contributed by atoms with Crippen LogP contribution in [0.15, 0.2) is 30.3 Å². The molecular formula is C21H32N2O. The first-order valence-corrected chi connectivity index (χ1v) is 9.21. The highest BCUT2D eigenvalue weighted by Crippen LogP contribution is 2.41. The van der Waals surface area contributed by atoms with Gasteiger partial charge in [-0.1, -0.05) is 66.7 Å². The number of nitrogens with zero attached hydrogens (tertiary/aromatic N) is 2. The monoisotopic (exact) mass is 328 g/mol. The van der Waals surface area contributed by atoms with E-state index in [0.29, 0.717) is 17.9 Å². The SMILES string of the molecule is CC(C)c1cccc(C(C)C)c1N1C=C2OC[C@H](C(C)(C)C)N2C1. The number of fused-ring (bicyclic) bond motifs is 1. The largest absolute Gasteiger partial charge is 0.476 e. The molecule has 0 radical (unpaired) electrons. The highest BCUT2D eigenvalue weighted by atomic mass is 16.5. The van der Waals surface area contributed by atoms with E-state index in [1.807, 2.05) is 0 Å². The van der Waals surface area contributed by atoms with E-state index in [0.717, 1.165) is 19.2 Å². The topological polar surface area (TPSA) is 15.7 Å². The molecule has 0 spiro atoms. The summed E-state index contributed by atoms with van der Waals surface area (Å²) in [7, 11) is 0. The molecule has 3 heteroatoms. The maximum absolute atomic E-state index is 6.01. The van der Waals surface area contributed by atoms with Gasteiger partial charge >= 0.3 is 0 Å². The molecule has 2 aliphatic heterocycles. The summed E-state index contributed by atoms with van der Waals surface area (Å²) in [6.45, 7) is 17.7. The fourth-order valence-corrected chi connectivity index (χ4v) is 3.80. The number of rotatable bonds is 3. The molecule has 1 saturated heterocycles. The Bertz CT molecular complexity index is 613. The second-order valence-corrected chi connectivity index (χ2v) is 8.84. The van der Waals surface area contributed by atoms with E-state index in [-0.39, 0.29) is 5.41 Å². The standard InChI is InChI=1S/C21H32N2O/c1-14(2)16-9-8-10-17(15(3)4)20(16)22-11-19-23(13-22)18(12-24-19)21(5,6)7/h8-11,14-15,18H,12-13H2,1-7H3/t18-/m1/s1. The van der Waals surface area contributed by atoms with Crippen LogP contribution in [-0.2, 0) is 4.74 Å². The minimum Gasteiger partial charge on any atom is -0.476 e. The second-order valence-electron chi connectivity index (χ2n) is 8.84. The van der Waals surface area contributed by atoms with Crippen LogP contribution < -0.4 is 4.90 Å². The molecule has 1 aromatic carbocycles. The van der Waals surface area contributed by atoms with E-state index in [1.54, 1.807) is 0 Å². The molecule has 0 bridgehead atoms. The summed E-state index contributed by atoms with van der Waals surface area (Å²) in [6.07, 6.45) is 2.21. The molecule has 1 fully saturated rings. The van der Waals surface area contributed by atoms with Gasteiger partial charge in [0.1, 0.15) is 6.61 Å². The number of hydrogen-bond acceptors (Lipinski definition) is 3. The Hall–Kier alpha value is -1.64. The zero-order valence-corrected chi connectivity index (χ0v) is 16.3. The van der Waals surface area contributed by atoms with Gasteiger partial charge in [0, 0.05) is 5.69 Å². The van der Waals surface area contributed by atoms with Crippen LogP contribution >= 0.6 is 0 Å². The highest BCUT2D eigenvalue weighted by molar-refractivity contribution is 5.64. The number of anilines is 1. The third-order valence-electron chi connectivity index (χ3n) is 5.25. The molecule has 0 saturated carbocycles. The lowest BCUT2D eigenvalue weighted by atomic mass is 9.87. The third-order valence-corrected chi connectivity index (χ3v) is 5.25. The quantitative estimate of drug-likeness (QED) is 0.753. The van der Waals surface area contributed by atoms with E-state index >= 15 is 0 Å². The second kappa shape index (κ2) is 6.02. The number of benzene rings is 1. The first-order chi connectivity index (χ1) is 11.2. The van der Waals surface area contributed by atoms with Gasteiger partial charge in [0.05, 0.1) is 18.9 Å². The lowest BCUT2D eigenvalue weighted by molar-refractivity contribution is 0.176. The number of ether oxygens (including phenoxy) is 1. The Morgan fingerprint density at radius 2 is 1.62 bits per heavy atom. The van der Waals surface area contributed by atoms with E-state index in [1.165, 1.54) is 16.8 Å². The molecule has 24 heavy (non-hydrogen) atoms. The van der Waals surface area contributed by atoms with Crippen LogP contribution in [0.4, 0.5) is 5.69 Å². The van der Waals surface area contributed by atoms with Gasteiger partial charge < -0.3 is 14.5 Å². The molecule has 2 heterocycles. The Kier molecular flexibility index (Phi) is 4.31. The zero-order valence-electron chi connectivity index (χ0n) is 16.3. The molecular weight excluding hydrogens is 296 g/mol. The summed E-state index contributed by atoms with van der Waals surface area (Å²) in [6, 6.07) is 7.18. The Morgan fingerprint density at radius 3 is 2.12 bits per heavy atom. The Morgan fingerprint density at radius 1 is 1.04 bits per heavy atom. The normalized spacial score (nSPS) is 20.7. The van der Waals surface area contributed by atoms with Crippen LogP contribution in [0.5, 0.6) is 0 Å². The molecule has 3 nitrogen and oxygen atoms in total. The summed E-state index contributed by atoms with van der Waals surface area (Å²) in [5.41, 5.74) is 4.43. The molecule has 0 aliphatic carbocycles. The van der Waals surface area contributed by atoms with Crippen LogP contribution in [0.3, 0.4) is 0 Å². The van der Waals surface area contributed by atoms with Crippen molar-refractivity contribution in [3.63, 3.8) is 0 Å². The fourth-order valence-electron chi connectivity index (χ4n) is 3.80. The maximum atomic E-state index is 6.01. The summed E-state index contributed by atoms with van der Waals surface area (Å²) >= 11 is 0. The molecule has 1 atom stereocenters. The van der Waals surface area contributed by atoms with E-state index in [9.17, 15) is 0 Å². The van der Waals surface area contributed by atoms with Crippen molar-refractivity contribution >= 4 is 5.69 Å². The van der Waals surface area contributed by atoms with E-state index < -0.39 is 0 Å². The third kappa shape index (κ3) is 2.89.